The Labute approximate surface area is 174 Å². The van der Waals surface area contributed by atoms with Crippen molar-refractivity contribution in [3.8, 4) is 0 Å². The molecule has 2 amide bonds. The number of aryl methyl sites for hydroxylation is 2. The number of anilines is 2. The molecule has 0 aliphatic rings. The second-order valence-electron chi connectivity index (χ2n) is 8.72. The number of nitrogens with one attached hydrogen (secondary N) is 2. The summed E-state index contributed by atoms with van der Waals surface area (Å²) in [5.74, 6) is -0.282. The molecule has 2 N–H and O–H groups in total. The standard InChI is InChI=1S/C24H33N3O2/c1-16-9-8-10-17(2)22(16)26-21(28)15-27(7)18(3)23(29)25-20-13-11-19(12-14-20)24(4,5)6/h8-14,18H,15H2,1-7H3,(H,25,29)(H,26,28). The summed E-state index contributed by atoms with van der Waals surface area (Å²) in [6, 6.07) is 13.3. The second-order valence-corrected chi connectivity index (χ2v) is 8.72. The first kappa shape index (κ1) is 22.6. The van der Waals surface area contributed by atoms with Crippen LogP contribution in [0.25, 0.3) is 0 Å². The third kappa shape index (κ3) is 6.16. The summed E-state index contributed by atoms with van der Waals surface area (Å²) >= 11 is 0. The Kier molecular flexibility index (Phi) is 7.20. The molecular weight excluding hydrogens is 362 g/mol. The van der Waals surface area contributed by atoms with Crippen LogP contribution in [-0.4, -0.2) is 36.3 Å². The molecule has 0 bridgehead atoms. The first-order valence-corrected chi connectivity index (χ1v) is 9.96. The molecule has 0 saturated carbocycles. The van der Waals surface area contributed by atoms with Crippen LogP contribution in [0.1, 0.15) is 44.4 Å². The zero-order valence-electron chi connectivity index (χ0n) is 18.6. The molecule has 1 atom stereocenters. The van der Waals surface area contributed by atoms with Crippen LogP contribution in [-0.2, 0) is 15.0 Å². The molecule has 0 heterocycles. The van der Waals surface area contributed by atoms with Crippen molar-refractivity contribution in [1.29, 1.82) is 0 Å². The van der Waals surface area contributed by atoms with Crippen molar-refractivity contribution in [1.82, 2.24) is 4.90 Å². The molecule has 0 saturated heterocycles. The fourth-order valence-corrected chi connectivity index (χ4v) is 3.05. The van der Waals surface area contributed by atoms with Crippen LogP contribution >= 0.6 is 0 Å². The molecule has 5 heteroatoms. The highest BCUT2D eigenvalue weighted by Crippen LogP contribution is 2.23. The first-order valence-electron chi connectivity index (χ1n) is 9.96. The second kappa shape index (κ2) is 9.23. The van der Waals surface area contributed by atoms with Crippen LogP contribution in [0.4, 0.5) is 11.4 Å². The van der Waals surface area contributed by atoms with Crippen LogP contribution < -0.4 is 10.6 Å². The van der Waals surface area contributed by atoms with Crippen LogP contribution in [0.2, 0.25) is 0 Å². The molecule has 0 aliphatic carbocycles. The summed E-state index contributed by atoms with van der Waals surface area (Å²) in [5, 5.41) is 5.89. The molecule has 0 aliphatic heterocycles. The summed E-state index contributed by atoms with van der Waals surface area (Å²) in [4.78, 5) is 26.8. The van der Waals surface area contributed by atoms with E-state index in [9.17, 15) is 9.59 Å². The van der Waals surface area contributed by atoms with Crippen molar-refractivity contribution < 1.29 is 9.59 Å². The number of para-hydroxylation sites is 1. The lowest BCUT2D eigenvalue weighted by Crippen LogP contribution is -2.43. The van der Waals surface area contributed by atoms with Crippen molar-refractivity contribution in [3.05, 3.63) is 59.2 Å². The number of hydrogen-bond donors (Lipinski definition) is 2. The number of likely N-dealkylation sites (N-methyl/N-ethyl adjacent to an activating group) is 1. The minimum absolute atomic E-state index is 0.0683. The van der Waals surface area contributed by atoms with Crippen LogP contribution in [0.15, 0.2) is 42.5 Å². The number of rotatable bonds is 6. The third-order valence-corrected chi connectivity index (χ3v) is 5.20. The minimum Gasteiger partial charge on any atom is -0.325 e. The zero-order chi connectivity index (χ0) is 21.8. The van der Waals surface area contributed by atoms with Gasteiger partial charge < -0.3 is 10.6 Å². The van der Waals surface area contributed by atoms with Gasteiger partial charge in [-0.25, -0.2) is 0 Å². The van der Waals surface area contributed by atoms with Gasteiger partial charge in [0.25, 0.3) is 0 Å². The maximum Gasteiger partial charge on any atom is 0.241 e. The topological polar surface area (TPSA) is 61.4 Å². The Balaban J connectivity index is 1.94. The van der Waals surface area contributed by atoms with Gasteiger partial charge in [-0.1, -0.05) is 51.1 Å². The lowest BCUT2D eigenvalue weighted by molar-refractivity contribution is -0.122. The summed E-state index contributed by atoms with van der Waals surface area (Å²) in [6.45, 7) is 12.3. The van der Waals surface area contributed by atoms with Gasteiger partial charge in [-0.15, -0.1) is 0 Å². The van der Waals surface area contributed by atoms with Crippen LogP contribution in [0.3, 0.4) is 0 Å². The predicted molar refractivity (Wildman–Crippen MR) is 120 cm³/mol. The maximum absolute atomic E-state index is 12.6. The molecule has 29 heavy (non-hydrogen) atoms. The van der Waals surface area contributed by atoms with Crippen molar-refractivity contribution in [3.63, 3.8) is 0 Å². The van der Waals surface area contributed by atoms with Gasteiger partial charge >= 0.3 is 0 Å². The summed E-state index contributed by atoms with van der Waals surface area (Å²) < 4.78 is 0. The number of carbonyl (C=O) groups is 2. The quantitative estimate of drug-likeness (QED) is 0.757. The molecule has 2 rings (SSSR count). The lowest BCUT2D eigenvalue weighted by Gasteiger charge is -2.24. The molecule has 1 unspecified atom stereocenters. The Morgan fingerprint density at radius 3 is 2.03 bits per heavy atom. The Bertz CT molecular complexity index is 846. The van der Waals surface area contributed by atoms with E-state index in [1.54, 1.807) is 18.9 Å². The fourth-order valence-electron chi connectivity index (χ4n) is 3.05. The van der Waals surface area contributed by atoms with E-state index < -0.39 is 6.04 Å². The molecule has 0 fully saturated rings. The maximum atomic E-state index is 12.6. The van der Waals surface area contributed by atoms with Gasteiger partial charge in [0.2, 0.25) is 11.8 Å². The van der Waals surface area contributed by atoms with Gasteiger partial charge in [0.05, 0.1) is 12.6 Å². The smallest absolute Gasteiger partial charge is 0.241 e. The number of nitrogens with zero attached hydrogens (tertiary/aromatic N) is 1. The molecule has 0 spiro atoms. The van der Waals surface area contributed by atoms with Gasteiger partial charge in [-0.05, 0) is 62.1 Å². The van der Waals surface area contributed by atoms with E-state index in [2.05, 4.69) is 31.4 Å². The van der Waals surface area contributed by atoms with Crippen molar-refractivity contribution in [2.24, 2.45) is 0 Å². The van der Waals surface area contributed by atoms with E-state index in [-0.39, 0.29) is 23.8 Å². The summed E-state index contributed by atoms with van der Waals surface area (Å²) in [5.41, 5.74) is 4.91. The van der Waals surface area contributed by atoms with Crippen LogP contribution in [0.5, 0.6) is 0 Å². The molecule has 2 aromatic rings. The monoisotopic (exact) mass is 395 g/mol. The van der Waals surface area contributed by atoms with E-state index in [0.717, 1.165) is 22.5 Å². The molecule has 0 radical (unpaired) electrons. The van der Waals surface area contributed by atoms with Gasteiger partial charge in [0, 0.05) is 11.4 Å². The van der Waals surface area contributed by atoms with Gasteiger partial charge in [-0.3, -0.25) is 14.5 Å². The number of benzene rings is 2. The number of hydrogen-bond acceptors (Lipinski definition) is 3. The zero-order valence-corrected chi connectivity index (χ0v) is 18.6. The highest BCUT2D eigenvalue weighted by molar-refractivity contribution is 5.96. The molecular formula is C24H33N3O2. The summed E-state index contributed by atoms with van der Waals surface area (Å²) in [7, 11) is 1.78. The largest absolute Gasteiger partial charge is 0.325 e. The molecule has 0 aromatic heterocycles. The van der Waals surface area contributed by atoms with Gasteiger partial charge in [-0.2, -0.15) is 0 Å². The molecule has 156 valence electrons. The van der Waals surface area contributed by atoms with Crippen molar-refractivity contribution in [2.45, 2.75) is 53.0 Å². The average Bonchev–Trinajstić information content (AvgIpc) is 2.63. The molecule has 5 nitrogen and oxygen atoms in total. The van der Waals surface area contributed by atoms with Crippen LogP contribution in [0, 0.1) is 13.8 Å². The van der Waals surface area contributed by atoms with E-state index in [0.29, 0.717) is 0 Å². The summed E-state index contributed by atoms with van der Waals surface area (Å²) in [6.07, 6.45) is 0. The Morgan fingerprint density at radius 1 is 0.966 bits per heavy atom. The predicted octanol–water partition coefficient (Wildman–Crippen LogP) is 4.50. The average molecular weight is 396 g/mol. The van der Waals surface area contributed by atoms with E-state index in [1.807, 2.05) is 56.3 Å². The number of carbonyl (C=O) groups excluding carboxylic acids is 2. The fraction of sp³-hybridized carbons (Fsp3) is 0.417. The highest BCUT2D eigenvalue weighted by Gasteiger charge is 2.21. The molecule has 2 aromatic carbocycles. The minimum atomic E-state index is -0.444. The Morgan fingerprint density at radius 2 is 1.52 bits per heavy atom. The number of amides is 2. The normalized spacial score (nSPS) is 12.6. The third-order valence-electron chi connectivity index (χ3n) is 5.20. The first-order chi connectivity index (χ1) is 13.5. The van der Waals surface area contributed by atoms with E-state index in [1.165, 1.54) is 5.56 Å². The van der Waals surface area contributed by atoms with Gasteiger partial charge in [0.15, 0.2) is 0 Å². The van der Waals surface area contributed by atoms with Crippen molar-refractivity contribution >= 4 is 23.2 Å². The highest BCUT2D eigenvalue weighted by atomic mass is 16.2. The lowest BCUT2D eigenvalue weighted by atomic mass is 9.87. The van der Waals surface area contributed by atoms with Crippen molar-refractivity contribution in [2.75, 3.05) is 24.2 Å². The SMILES string of the molecule is Cc1cccc(C)c1NC(=O)CN(C)C(C)C(=O)Nc1ccc(C(C)(C)C)cc1. The van der Waals surface area contributed by atoms with Gasteiger partial charge in [0.1, 0.15) is 0 Å². The van der Waals surface area contributed by atoms with E-state index >= 15 is 0 Å². The Hall–Kier alpha value is -2.66. The van der Waals surface area contributed by atoms with E-state index in [4.69, 9.17) is 0 Å².